The number of nitrogens with zero attached hydrogens (tertiary/aromatic N) is 1. The van der Waals surface area contributed by atoms with Gasteiger partial charge in [0.15, 0.2) is 0 Å². The van der Waals surface area contributed by atoms with Crippen molar-refractivity contribution in [1.82, 2.24) is 10.2 Å². The van der Waals surface area contributed by atoms with Crippen LogP contribution in [0.3, 0.4) is 0 Å². The average Bonchev–Trinajstić information content (AvgIpc) is 2.86. The second kappa shape index (κ2) is 7.49. The van der Waals surface area contributed by atoms with E-state index < -0.39 is 0 Å². The zero-order valence-corrected chi connectivity index (χ0v) is 13.0. The second-order valence-corrected chi connectivity index (χ2v) is 6.18. The molecule has 1 aliphatic rings. The molecule has 0 aromatic heterocycles. The first-order valence-corrected chi connectivity index (χ1v) is 7.80. The first-order valence-electron chi connectivity index (χ1n) is 7.05. The summed E-state index contributed by atoms with van der Waals surface area (Å²) in [7, 11) is 0. The van der Waals surface area contributed by atoms with E-state index >= 15 is 0 Å². The van der Waals surface area contributed by atoms with E-state index in [1.165, 1.54) is 31.5 Å². The fourth-order valence-corrected chi connectivity index (χ4v) is 2.90. The Kier molecular flexibility index (Phi) is 5.96. The van der Waals surface area contributed by atoms with Gasteiger partial charge in [0.2, 0.25) is 0 Å². The molecule has 1 atom stereocenters. The number of likely N-dealkylation sites (tertiary alicyclic amines) is 1. The molecule has 0 spiro atoms. The summed E-state index contributed by atoms with van der Waals surface area (Å²) < 4.78 is 0. The van der Waals surface area contributed by atoms with Crippen molar-refractivity contribution < 1.29 is 0 Å². The van der Waals surface area contributed by atoms with Crippen LogP contribution in [0.25, 0.3) is 0 Å². The van der Waals surface area contributed by atoms with Gasteiger partial charge in [-0.05, 0) is 63.5 Å². The van der Waals surface area contributed by atoms with Gasteiger partial charge in [-0.3, -0.25) is 0 Å². The van der Waals surface area contributed by atoms with Crippen LogP contribution in [-0.4, -0.2) is 37.1 Å². The molecule has 0 unspecified atom stereocenters. The highest BCUT2D eigenvalue weighted by atomic mass is 35.5. The van der Waals surface area contributed by atoms with Crippen LogP contribution in [0, 0.1) is 0 Å². The predicted octanol–water partition coefficient (Wildman–Crippen LogP) is 3.61. The van der Waals surface area contributed by atoms with E-state index in [9.17, 15) is 0 Å². The molecule has 1 aromatic rings. The van der Waals surface area contributed by atoms with E-state index in [1.807, 2.05) is 18.2 Å². The van der Waals surface area contributed by atoms with Crippen molar-refractivity contribution in [3.05, 3.63) is 33.8 Å². The molecule has 19 heavy (non-hydrogen) atoms. The number of benzene rings is 1. The lowest BCUT2D eigenvalue weighted by molar-refractivity contribution is 0.299. The molecule has 0 aliphatic carbocycles. The molecule has 1 heterocycles. The van der Waals surface area contributed by atoms with Crippen molar-refractivity contribution in [3.63, 3.8) is 0 Å². The highest BCUT2D eigenvalue weighted by Gasteiger charge is 2.13. The lowest BCUT2D eigenvalue weighted by Crippen LogP contribution is -2.38. The molecule has 1 aromatic carbocycles. The van der Waals surface area contributed by atoms with Gasteiger partial charge in [-0.2, -0.15) is 0 Å². The van der Waals surface area contributed by atoms with E-state index in [2.05, 4.69) is 17.1 Å². The first kappa shape index (κ1) is 15.1. The fraction of sp³-hybridized carbons (Fsp3) is 0.600. The quantitative estimate of drug-likeness (QED) is 0.863. The summed E-state index contributed by atoms with van der Waals surface area (Å²) in [5.74, 6) is 0. The molecule has 1 fully saturated rings. The smallest absolute Gasteiger partial charge is 0.0595 e. The van der Waals surface area contributed by atoms with Crippen LogP contribution in [-0.2, 0) is 6.42 Å². The van der Waals surface area contributed by atoms with Gasteiger partial charge >= 0.3 is 0 Å². The largest absolute Gasteiger partial charge is 0.313 e. The molecule has 2 nitrogen and oxygen atoms in total. The Morgan fingerprint density at radius 2 is 1.95 bits per heavy atom. The Labute approximate surface area is 126 Å². The molecule has 1 N–H and O–H groups in total. The molecule has 1 aliphatic heterocycles. The average molecular weight is 301 g/mol. The highest BCUT2D eigenvalue weighted by Crippen LogP contribution is 2.22. The van der Waals surface area contributed by atoms with Crippen LogP contribution in [0.15, 0.2) is 18.2 Å². The Bertz CT molecular complexity index is 403. The van der Waals surface area contributed by atoms with E-state index in [-0.39, 0.29) is 0 Å². The molecular formula is C15H22Cl2N2. The molecule has 0 radical (unpaired) electrons. The normalized spacial score (nSPS) is 17.8. The summed E-state index contributed by atoms with van der Waals surface area (Å²) in [6.07, 6.45) is 3.70. The summed E-state index contributed by atoms with van der Waals surface area (Å²) in [5, 5.41) is 4.84. The summed E-state index contributed by atoms with van der Waals surface area (Å²) in [4.78, 5) is 2.54. The third-order valence-corrected chi connectivity index (χ3v) is 4.36. The van der Waals surface area contributed by atoms with Crippen LogP contribution < -0.4 is 5.32 Å². The minimum absolute atomic E-state index is 0.542. The van der Waals surface area contributed by atoms with Crippen LogP contribution in [0.2, 0.25) is 10.0 Å². The second-order valence-electron chi connectivity index (χ2n) is 5.36. The van der Waals surface area contributed by atoms with Gasteiger partial charge < -0.3 is 10.2 Å². The number of nitrogens with one attached hydrogen (secondary N) is 1. The van der Waals surface area contributed by atoms with Gasteiger partial charge in [0.25, 0.3) is 0 Å². The maximum Gasteiger partial charge on any atom is 0.0595 e. The standard InChI is InChI=1S/C15H22Cl2N2/c1-12(11-19-8-2-3-9-19)18-7-6-13-4-5-14(16)15(17)10-13/h4-5,10,12,18H,2-3,6-9,11H2,1H3/t12-/m1/s1. The fourth-order valence-electron chi connectivity index (χ4n) is 2.58. The van der Waals surface area contributed by atoms with Crippen LogP contribution in [0.1, 0.15) is 25.3 Å². The van der Waals surface area contributed by atoms with Crippen LogP contribution >= 0.6 is 23.2 Å². The van der Waals surface area contributed by atoms with Gasteiger partial charge in [0.05, 0.1) is 10.0 Å². The Morgan fingerprint density at radius 1 is 1.21 bits per heavy atom. The number of halogens is 2. The van der Waals surface area contributed by atoms with Gasteiger partial charge in [-0.15, -0.1) is 0 Å². The van der Waals surface area contributed by atoms with Gasteiger partial charge in [-0.1, -0.05) is 29.3 Å². The number of hydrogen-bond donors (Lipinski definition) is 1. The third kappa shape index (κ3) is 4.96. The van der Waals surface area contributed by atoms with E-state index in [0.717, 1.165) is 19.5 Å². The zero-order chi connectivity index (χ0) is 13.7. The monoisotopic (exact) mass is 300 g/mol. The molecule has 1 saturated heterocycles. The summed E-state index contributed by atoms with van der Waals surface area (Å²) in [6, 6.07) is 6.41. The Balaban J connectivity index is 1.68. The minimum Gasteiger partial charge on any atom is -0.313 e. The van der Waals surface area contributed by atoms with Crippen molar-refractivity contribution in [2.24, 2.45) is 0 Å². The van der Waals surface area contributed by atoms with Crippen LogP contribution in [0.4, 0.5) is 0 Å². The van der Waals surface area contributed by atoms with Crippen molar-refractivity contribution in [2.45, 2.75) is 32.2 Å². The maximum atomic E-state index is 6.01. The van der Waals surface area contributed by atoms with Crippen LogP contribution in [0.5, 0.6) is 0 Å². The molecule has 4 heteroatoms. The zero-order valence-electron chi connectivity index (χ0n) is 11.5. The summed E-state index contributed by atoms with van der Waals surface area (Å²) in [6.45, 7) is 6.92. The minimum atomic E-state index is 0.542. The van der Waals surface area contributed by atoms with Gasteiger partial charge in [0.1, 0.15) is 0 Å². The summed E-state index contributed by atoms with van der Waals surface area (Å²) >= 11 is 11.9. The lowest BCUT2D eigenvalue weighted by atomic mass is 10.1. The third-order valence-electron chi connectivity index (χ3n) is 3.62. The molecule has 0 saturated carbocycles. The van der Waals surface area contributed by atoms with Crippen molar-refractivity contribution in [1.29, 1.82) is 0 Å². The predicted molar refractivity (Wildman–Crippen MR) is 83.3 cm³/mol. The highest BCUT2D eigenvalue weighted by molar-refractivity contribution is 6.42. The van der Waals surface area contributed by atoms with Gasteiger partial charge in [0, 0.05) is 12.6 Å². The van der Waals surface area contributed by atoms with E-state index in [1.54, 1.807) is 0 Å². The van der Waals surface area contributed by atoms with Crippen molar-refractivity contribution in [3.8, 4) is 0 Å². The maximum absolute atomic E-state index is 6.01. The van der Waals surface area contributed by atoms with E-state index in [4.69, 9.17) is 23.2 Å². The molecule has 0 amide bonds. The Hall–Kier alpha value is -0.280. The number of hydrogen-bond acceptors (Lipinski definition) is 2. The lowest BCUT2D eigenvalue weighted by Gasteiger charge is -2.21. The number of rotatable bonds is 6. The SMILES string of the molecule is C[C@H](CN1CCCC1)NCCc1ccc(Cl)c(Cl)c1. The van der Waals surface area contributed by atoms with Gasteiger partial charge in [-0.25, -0.2) is 0 Å². The Morgan fingerprint density at radius 3 is 2.63 bits per heavy atom. The first-order chi connectivity index (χ1) is 9.15. The molecule has 2 rings (SSSR count). The summed E-state index contributed by atoms with van der Waals surface area (Å²) in [5.41, 5.74) is 1.23. The molecule has 106 valence electrons. The molecular weight excluding hydrogens is 279 g/mol. The van der Waals surface area contributed by atoms with Crippen molar-refractivity contribution in [2.75, 3.05) is 26.2 Å². The topological polar surface area (TPSA) is 15.3 Å². The molecule has 0 bridgehead atoms. The van der Waals surface area contributed by atoms with E-state index in [0.29, 0.717) is 16.1 Å². The van der Waals surface area contributed by atoms with Crippen molar-refractivity contribution >= 4 is 23.2 Å².